The first kappa shape index (κ1) is 19.0. The van der Waals surface area contributed by atoms with Gasteiger partial charge in [-0.1, -0.05) is 18.2 Å². The number of aryl methyl sites for hydroxylation is 1. The lowest BCUT2D eigenvalue weighted by Crippen LogP contribution is -2.56. The second kappa shape index (κ2) is 7.56. The summed E-state index contributed by atoms with van der Waals surface area (Å²) in [5.41, 5.74) is 6.42. The van der Waals surface area contributed by atoms with Gasteiger partial charge in [-0.05, 0) is 51.4 Å². The van der Waals surface area contributed by atoms with Crippen molar-refractivity contribution in [3.8, 4) is 0 Å². The number of hydrogen-bond acceptors (Lipinski definition) is 5. The Kier molecular flexibility index (Phi) is 5.12. The van der Waals surface area contributed by atoms with Crippen molar-refractivity contribution in [1.82, 2.24) is 21.1 Å². The molecule has 3 heterocycles. The maximum absolute atomic E-state index is 13.4. The topological polar surface area (TPSA) is 76.7 Å². The van der Waals surface area contributed by atoms with Crippen molar-refractivity contribution in [2.75, 3.05) is 25.0 Å². The highest BCUT2D eigenvalue weighted by Gasteiger charge is 2.49. The molecule has 150 valence electrons. The molecule has 3 N–H and O–H groups in total. The van der Waals surface area contributed by atoms with E-state index in [2.05, 4.69) is 16.1 Å². The van der Waals surface area contributed by atoms with Crippen LogP contribution in [0.1, 0.15) is 25.3 Å². The predicted molar refractivity (Wildman–Crippen MR) is 108 cm³/mol. The third-order valence-corrected chi connectivity index (χ3v) is 6.20. The minimum absolute atomic E-state index is 0.00802. The van der Waals surface area contributed by atoms with Gasteiger partial charge in [0.05, 0.1) is 5.92 Å². The first-order valence-electron chi connectivity index (χ1n) is 10.1. The molecule has 7 heteroatoms. The zero-order chi connectivity index (χ0) is 19.8. The number of carbonyl (C=O) groups is 2. The predicted octanol–water partition coefficient (Wildman–Crippen LogP) is 1.12. The van der Waals surface area contributed by atoms with Gasteiger partial charge in [-0.2, -0.15) is 0 Å². The van der Waals surface area contributed by atoms with Crippen LogP contribution >= 0.6 is 0 Å². The smallest absolute Gasteiger partial charge is 0.247 e. The molecule has 1 aromatic rings. The second-order valence-corrected chi connectivity index (χ2v) is 8.04. The van der Waals surface area contributed by atoms with Gasteiger partial charge in [0.25, 0.3) is 0 Å². The standard InChI is InChI=1S/C21H29N5O2/c1-13-6-4-5-7-16(13)25(3)21(28)19-14(2)24-26-17(12-18(27)23-20(19)26)15-8-10-22-11-9-15/h4-7,12,14-15,19-20,22,24H,8-11H2,1-3H3,(H,23,27). The summed E-state index contributed by atoms with van der Waals surface area (Å²) in [7, 11) is 1.81. The molecule has 1 aromatic carbocycles. The number of piperidine rings is 1. The fourth-order valence-electron chi connectivity index (χ4n) is 4.66. The third-order valence-electron chi connectivity index (χ3n) is 6.20. The molecule has 0 aliphatic carbocycles. The first-order chi connectivity index (χ1) is 13.5. The monoisotopic (exact) mass is 383 g/mol. The van der Waals surface area contributed by atoms with E-state index in [0.29, 0.717) is 5.92 Å². The Balaban J connectivity index is 1.59. The quantitative estimate of drug-likeness (QED) is 0.729. The molecule has 2 amide bonds. The van der Waals surface area contributed by atoms with Crippen molar-refractivity contribution < 1.29 is 9.59 Å². The summed E-state index contributed by atoms with van der Waals surface area (Å²) < 4.78 is 0. The third kappa shape index (κ3) is 3.29. The molecular weight excluding hydrogens is 354 g/mol. The van der Waals surface area contributed by atoms with E-state index in [4.69, 9.17) is 0 Å². The van der Waals surface area contributed by atoms with Gasteiger partial charge in [0.1, 0.15) is 6.17 Å². The lowest BCUT2D eigenvalue weighted by molar-refractivity contribution is -0.125. The number of nitrogens with zero attached hydrogens (tertiary/aromatic N) is 2. The molecule has 3 atom stereocenters. The Hall–Kier alpha value is -2.38. The largest absolute Gasteiger partial charge is 0.330 e. The van der Waals surface area contributed by atoms with E-state index in [9.17, 15) is 9.59 Å². The fourth-order valence-corrected chi connectivity index (χ4v) is 4.66. The molecule has 0 saturated carbocycles. The van der Waals surface area contributed by atoms with Crippen molar-refractivity contribution in [3.63, 3.8) is 0 Å². The van der Waals surface area contributed by atoms with E-state index >= 15 is 0 Å². The van der Waals surface area contributed by atoms with Gasteiger partial charge >= 0.3 is 0 Å². The SMILES string of the molecule is Cc1ccccc1N(C)C(=O)C1C(C)NN2C(C3CCNCC3)=CC(=O)NC12. The molecule has 2 saturated heterocycles. The number of amides is 2. The van der Waals surface area contributed by atoms with E-state index in [1.165, 1.54) is 0 Å². The highest BCUT2D eigenvalue weighted by molar-refractivity contribution is 5.97. The van der Waals surface area contributed by atoms with Gasteiger partial charge in [-0.15, -0.1) is 0 Å². The average Bonchev–Trinajstić information content (AvgIpc) is 3.03. The number of para-hydroxylation sites is 1. The van der Waals surface area contributed by atoms with Crippen molar-refractivity contribution in [2.24, 2.45) is 11.8 Å². The maximum Gasteiger partial charge on any atom is 0.247 e. The normalized spacial score (nSPS) is 27.8. The number of anilines is 1. The number of carbonyl (C=O) groups excluding carboxylic acids is 2. The maximum atomic E-state index is 13.4. The molecule has 0 aromatic heterocycles. The van der Waals surface area contributed by atoms with Gasteiger partial charge in [-0.3, -0.25) is 14.6 Å². The minimum atomic E-state index is -0.364. The van der Waals surface area contributed by atoms with Crippen LogP contribution in [0, 0.1) is 18.8 Å². The van der Waals surface area contributed by atoms with Gasteiger partial charge in [0.15, 0.2) is 0 Å². The van der Waals surface area contributed by atoms with Crippen molar-refractivity contribution in [3.05, 3.63) is 41.6 Å². The molecule has 3 unspecified atom stereocenters. The van der Waals surface area contributed by atoms with E-state index in [-0.39, 0.29) is 29.9 Å². The summed E-state index contributed by atoms with van der Waals surface area (Å²) in [6.07, 6.45) is 3.33. The van der Waals surface area contributed by atoms with Crippen molar-refractivity contribution in [2.45, 2.75) is 38.9 Å². The van der Waals surface area contributed by atoms with Gasteiger partial charge < -0.3 is 15.5 Å². The molecule has 0 spiro atoms. The van der Waals surface area contributed by atoms with Crippen LogP contribution in [0.2, 0.25) is 0 Å². The van der Waals surface area contributed by atoms with Crippen molar-refractivity contribution in [1.29, 1.82) is 0 Å². The van der Waals surface area contributed by atoms with Crippen molar-refractivity contribution >= 4 is 17.5 Å². The zero-order valence-corrected chi connectivity index (χ0v) is 16.7. The molecular formula is C21H29N5O2. The van der Waals surface area contributed by atoms with Gasteiger partial charge in [-0.25, -0.2) is 5.43 Å². The zero-order valence-electron chi connectivity index (χ0n) is 16.7. The number of benzene rings is 1. The molecule has 28 heavy (non-hydrogen) atoms. The van der Waals surface area contributed by atoms with Crippen LogP contribution in [0.15, 0.2) is 36.0 Å². The molecule has 0 radical (unpaired) electrons. The number of nitrogens with one attached hydrogen (secondary N) is 3. The summed E-state index contributed by atoms with van der Waals surface area (Å²) in [6.45, 7) is 5.92. The molecule has 3 aliphatic heterocycles. The van der Waals surface area contributed by atoms with Crippen LogP contribution in [0.25, 0.3) is 0 Å². The minimum Gasteiger partial charge on any atom is -0.330 e. The summed E-state index contributed by atoms with van der Waals surface area (Å²) in [5, 5.41) is 8.42. The Morgan fingerprint density at radius 3 is 2.64 bits per heavy atom. The molecule has 2 fully saturated rings. The molecule has 7 nitrogen and oxygen atoms in total. The van der Waals surface area contributed by atoms with Crippen LogP contribution in [0.4, 0.5) is 5.69 Å². The summed E-state index contributed by atoms with van der Waals surface area (Å²) in [5.74, 6) is -0.132. The number of fused-ring (bicyclic) bond motifs is 1. The highest BCUT2D eigenvalue weighted by Crippen LogP contribution is 2.34. The summed E-state index contributed by atoms with van der Waals surface area (Å²) in [4.78, 5) is 27.6. The molecule has 0 bridgehead atoms. The Morgan fingerprint density at radius 1 is 1.21 bits per heavy atom. The molecule has 4 rings (SSSR count). The lowest BCUT2D eigenvalue weighted by Gasteiger charge is -2.39. The van der Waals surface area contributed by atoms with Crippen LogP contribution < -0.4 is 21.0 Å². The second-order valence-electron chi connectivity index (χ2n) is 8.04. The van der Waals surface area contributed by atoms with E-state index in [1.807, 2.05) is 50.2 Å². The number of rotatable bonds is 3. The number of hydrazine groups is 1. The summed E-state index contributed by atoms with van der Waals surface area (Å²) in [6, 6.07) is 7.79. The Bertz CT molecular complexity index is 802. The van der Waals surface area contributed by atoms with Gasteiger partial charge in [0.2, 0.25) is 11.8 Å². The first-order valence-corrected chi connectivity index (χ1v) is 10.1. The summed E-state index contributed by atoms with van der Waals surface area (Å²) >= 11 is 0. The van der Waals surface area contributed by atoms with E-state index < -0.39 is 0 Å². The highest BCUT2D eigenvalue weighted by atomic mass is 16.2. The fraction of sp³-hybridized carbons (Fsp3) is 0.524. The Morgan fingerprint density at radius 2 is 1.93 bits per heavy atom. The molecule has 3 aliphatic rings. The van der Waals surface area contributed by atoms with Crippen LogP contribution in [0.3, 0.4) is 0 Å². The van der Waals surface area contributed by atoms with Gasteiger partial charge in [0, 0.05) is 36.5 Å². The van der Waals surface area contributed by atoms with E-state index in [1.54, 1.807) is 11.0 Å². The van der Waals surface area contributed by atoms with Crippen LogP contribution in [-0.2, 0) is 9.59 Å². The number of hydrogen-bond donors (Lipinski definition) is 3. The van der Waals surface area contributed by atoms with Crippen LogP contribution in [-0.4, -0.2) is 49.2 Å². The average molecular weight is 383 g/mol. The van der Waals surface area contributed by atoms with E-state index in [0.717, 1.165) is 42.9 Å². The number of allylic oxidation sites excluding steroid dienone is 1. The van der Waals surface area contributed by atoms with Crippen LogP contribution in [0.5, 0.6) is 0 Å². The lowest BCUT2D eigenvalue weighted by atomic mass is 9.91. The Labute approximate surface area is 166 Å².